The van der Waals surface area contributed by atoms with E-state index in [4.69, 9.17) is 9.84 Å². The molecule has 0 spiro atoms. The number of carboxylic acid groups (broad SMARTS) is 1. The maximum atomic E-state index is 12.8. The van der Waals surface area contributed by atoms with E-state index in [0.29, 0.717) is 13.0 Å². The number of hydrogen-bond acceptors (Lipinski definition) is 4. The summed E-state index contributed by atoms with van der Waals surface area (Å²) in [6.07, 6.45) is 3.11. The molecule has 2 fully saturated rings. The lowest BCUT2D eigenvalue weighted by molar-refractivity contribution is -0.139. The number of amides is 2. The molecule has 0 aromatic heterocycles. The molecule has 7 nitrogen and oxygen atoms in total. The van der Waals surface area contributed by atoms with Gasteiger partial charge in [-0.05, 0) is 53.4 Å². The Hall–Kier alpha value is -3.35. The number of aliphatic carboxylic acids is 1. The second-order valence-electron chi connectivity index (χ2n) is 9.69. The first-order valence-corrected chi connectivity index (χ1v) is 12.1. The van der Waals surface area contributed by atoms with E-state index in [2.05, 4.69) is 34.9 Å². The Labute approximate surface area is 198 Å². The number of carbonyl (C=O) groups excluding carboxylic acids is 2. The van der Waals surface area contributed by atoms with E-state index in [1.54, 1.807) is 0 Å². The second kappa shape index (κ2) is 9.49. The van der Waals surface area contributed by atoms with Gasteiger partial charge in [0.15, 0.2) is 0 Å². The zero-order valence-electron chi connectivity index (χ0n) is 19.0. The first-order chi connectivity index (χ1) is 16.5. The molecule has 0 heterocycles. The molecule has 0 aliphatic heterocycles. The number of nitrogens with one attached hydrogen (secondary N) is 2. The van der Waals surface area contributed by atoms with Gasteiger partial charge >= 0.3 is 12.1 Å². The Balaban J connectivity index is 1.14. The first kappa shape index (κ1) is 22.4. The molecule has 34 heavy (non-hydrogen) atoms. The number of carboxylic acids is 1. The number of alkyl carbamates (subject to hydrolysis) is 1. The van der Waals surface area contributed by atoms with Crippen molar-refractivity contribution in [1.82, 2.24) is 10.6 Å². The average molecular weight is 463 g/mol. The maximum absolute atomic E-state index is 12.8. The third-order valence-corrected chi connectivity index (χ3v) is 7.64. The van der Waals surface area contributed by atoms with Crippen LogP contribution in [-0.4, -0.2) is 42.8 Å². The Morgan fingerprint density at radius 2 is 1.62 bits per heavy atom. The van der Waals surface area contributed by atoms with Crippen LogP contribution in [0.4, 0.5) is 4.79 Å². The molecule has 7 heteroatoms. The van der Waals surface area contributed by atoms with Crippen LogP contribution < -0.4 is 10.6 Å². The molecule has 3 atom stereocenters. The van der Waals surface area contributed by atoms with Crippen LogP contribution in [0.15, 0.2) is 48.5 Å². The largest absolute Gasteiger partial charge is 0.481 e. The molecular formula is C27H30N2O5. The molecule has 5 rings (SSSR count). The highest BCUT2D eigenvalue weighted by atomic mass is 16.5. The summed E-state index contributed by atoms with van der Waals surface area (Å²) in [5.41, 5.74) is 4.66. The summed E-state index contributed by atoms with van der Waals surface area (Å²) in [6, 6.07) is 16.4. The highest BCUT2D eigenvalue weighted by molar-refractivity contribution is 5.81. The monoisotopic (exact) mass is 462 g/mol. The van der Waals surface area contributed by atoms with Crippen LogP contribution in [0.5, 0.6) is 0 Å². The Morgan fingerprint density at radius 3 is 2.18 bits per heavy atom. The molecule has 0 bridgehead atoms. The molecule has 3 aliphatic rings. The molecule has 1 unspecified atom stereocenters. The van der Waals surface area contributed by atoms with Gasteiger partial charge in [0.05, 0.1) is 11.8 Å². The van der Waals surface area contributed by atoms with E-state index in [0.717, 1.165) is 30.4 Å². The van der Waals surface area contributed by atoms with Crippen molar-refractivity contribution in [2.75, 3.05) is 19.7 Å². The number of ether oxygens (including phenoxy) is 1. The molecule has 2 aromatic carbocycles. The van der Waals surface area contributed by atoms with E-state index < -0.39 is 12.1 Å². The van der Waals surface area contributed by atoms with Crippen LogP contribution in [-0.2, 0) is 14.3 Å². The SMILES string of the molecule is O=C(NCC(C(=O)NC[C@H]1C[C@H]1C(=O)O)C1CCC1)OCC1c2ccccc2-c2ccccc21. The molecule has 0 saturated heterocycles. The number of benzene rings is 2. The molecular weight excluding hydrogens is 432 g/mol. The summed E-state index contributed by atoms with van der Waals surface area (Å²) < 4.78 is 5.60. The van der Waals surface area contributed by atoms with Crippen molar-refractivity contribution >= 4 is 18.0 Å². The number of rotatable bonds is 9. The fourth-order valence-electron chi connectivity index (χ4n) is 5.30. The van der Waals surface area contributed by atoms with Crippen molar-refractivity contribution in [3.63, 3.8) is 0 Å². The van der Waals surface area contributed by atoms with Crippen LogP contribution in [0.25, 0.3) is 11.1 Å². The predicted octanol–water partition coefficient (Wildman–Crippen LogP) is 3.78. The van der Waals surface area contributed by atoms with Crippen LogP contribution >= 0.6 is 0 Å². The average Bonchev–Trinajstić information content (AvgIpc) is 3.53. The van der Waals surface area contributed by atoms with Crippen molar-refractivity contribution < 1.29 is 24.2 Å². The Kier molecular flexibility index (Phi) is 6.26. The van der Waals surface area contributed by atoms with Gasteiger partial charge in [-0.15, -0.1) is 0 Å². The van der Waals surface area contributed by atoms with Gasteiger partial charge in [0.1, 0.15) is 6.61 Å². The molecule has 178 valence electrons. The van der Waals surface area contributed by atoms with E-state index in [1.165, 1.54) is 11.1 Å². The lowest BCUT2D eigenvalue weighted by atomic mass is 9.75. The van der Waals surface area contributed by atoms with Gasteiger partial charge < -0.3 is 20.5 Å². The number of carbonyl (C=O) groups is 3. The van der Waals surface area contributed by atoms with Gasteiger partial charge in [-0.25, -0.2) is 4.79 Å². The fourth-order valence-corrected chi connectivity index (χ4v) is 5.30. The van der Waals surface area contributed by atoms with E-state index in [1.807, 2.05) is 24.3 Å². The molecule has 2 amide bonds. The summed E-state index contributed by atoms with van der Waals surface area (Å²) >= 11 is 0. The van der Waals surface area contributed by atoms with E-state index in [9.17, 15) is 14.4 Å². The zero-order valence-corrected chi connectivity index (χ0v) is 19.0. The highest BCUT2D eigenvalue weighted by Gasteiger charge is 2.43. The van der Waals surface area contributed by atoms with Crippen LogP contribution in [0.2, 0.25) is 0 Å². The van der Waals surface area contributed by atoms with Crippen molar-refractivity contribution in [3.8, 4) is 11.1 Å². The lowest BCUT2D eigenvalue weighted by Crippen LogP contribution is -2.45. The van der Waals surface area contributed by atoms with Gasteiger partial charge in [-0.3, -0.25) is 9.59 Å². The van der Waals surface area contributed by atoms with Crippen LogP contribution in [0, 0.1) is 23.7 Å². The van der Waals surface area contributed by atoms with Gasteiger partial charge in [-0.2, -0.15) is 0 Å². The topological polar surface area (TPSA) is 105 Å². The standard InChI is InChI=1S/C27H30N2O5/c30-25(28-13-17-12-22(17)26(31)32)23(16-6-5-7-16)14-29-27(33)34-15-24-20-10-3-1-8-18(20)19-9-2-4-11-21(19)24/h1-4,8-11,16-17,22-24H,5-7,12-15H2,(H,28,30)(H,29,33)(H,31,32)/t17-,22-,23?/m1/s1. The second-order valence-corrected chi connectivity index (χ2v) is 9.69. The van der Waals surface area contributed by atoms with Crippen molar-refractivity contribution in [2.45, 2.75) is 31.6 Å². The summed E-state index contributed by atoms with van der Waals surface area (Å²) in [5.74, 6) is -1.34. The van der Waals surface area contributed by atoms with Gasteiger partial charge in [0, 0.05) is 19.0 Å². The molecule has 0 radical (unpaired) electrons. The third kappa shape index (κ3) is 4.52. The molecule has 3 aliphatic carbocycles. The Bertz CT molecular complexity index is 1050. The molecule has 2 saturated carbocycles. The highest BCUT2D eigenvalue weighted by Crippen LogP contribution is 2.44. The summed E-state index contributed by atoms with van der Waals surface area (Å²) in [7, 11) is 0. The van der Waals surface area contributed by atoms with Crippen molar-refractivity contribution in [2.24, 2.45) is 23.7 Å². The van der Waals surface area contributed by atoms with Crippen LogP contribution in [0.3, 0.4) is 0 Å². The fraction of sp³-hybridized carbons (Fsp3) is 0.444. The van der Waals surface area contributed by atoms with E-state index >= 15 is 0 Å². The predicted molar refractivity (Wildman–Crippen MR) is 126 cm³/mol. The van der Waals surface area contributed by atoms with Crippen molar-refractivity contribution in [1.29, 1.82) is 0 Å². The summed E-state index contributed by atoms with van der Waals surface area (Å²) in [4.78, 5) is 36.3. The molecule has 3 N–H and O–H groups in total. The van der Waals surface area contributed by atoms with Crippen molar-refractivity contribution in [3.05, 3.63) is 59.7 Å². The van der Waals surface area contributed by atoms with Gasteiger partial charge in [-0.1, -0.05) is 55.0 Å². The smallest absolute Gasteiger partial charge is 0.407 e. The summed E-state index contributed by atoms with van der Waals surface area (Å²) in [5, 5.41) is 14.7. The maximum Gasteiger partial charge on any atom is 0.407 e. The van der Waals surface area contributed by atoms with Crippen LogP contribution in [0.1, 0.15) is 42.7 Å². The zero-order chi connectivity index (χ0) is 23.7. The van der Waals surface area contributed by atoms with E-state index in [-0.39, 0.29) is 48.6 Å². The summed E-state index contributed by atoms with van der Waals surface area (Å²) in [6.45, 7) is 0.836. The number of fused-ring (bicyclic) bond motifs is 3. The van der Waals surface area contributed by atoms with Gasteiger partial charge in [0.2, 0.25) is 5.91 Å². The normalized spacial score (nSPS) is 21.5. The third-order valence-electron chi connectivity index (χ3n) is 7.64. The quantitative estimate of drug-likeness (QED) is 0.526. The lowest BCUT2D eigenvalue weighted by Gasteiger charge is -2.33. The minimum absolute atomic E-state index is 0.00963. The first-order valence-electron chi connectivity index (χ1n) is 12.1. The Morgan fingerprint density at radius 1 is 0.971 bits per heavy atom. The molecule has 2 aromatic rings. The minimum atomic E-state index is -0.799. The van der Waals surface area contributed by atoms with Gasteiger partial charge in [0.25, 0.3) is 0 Å². The number of hydrogen-bond donors (Lipinski definition) is 3. The minimum Gasteiger partial charge on any atom is -0.481 e.